The summed E-state index contributed by atoms with van der Waals surface area (Å²) in [6, 6.07) is 1.69. The Balaban J connectivity index is 2.42. The monoisotopic (exact) mass is 309 g/mol. The standard InChI is InChI=1S/C11H10F3NO4S/c12-7-1-3-8(4-2-7)20(18,19)15-6-11(13,14)5-9(15)10(16)17/h1-4,9H,5-6H2,(H,16,17)/t9-/m0/s1. The first kappa shape index (κ1) is 14.8. The molecule has 1 aliphatic heterocycles. The van der Waals surface area contributed by atoms with Crippen LogP contribution in [0.3, 0.4) is 0 Å². The number of nitrogens with zero attached hydrogens (tertiary/aromatic N) is 1. The molecule has 9 heteroatoms. The minimum absolute atomic E-state index is 0.239. The molecular weight excluding hydrogens is 299 g/mol. The van der Waals surface area contributed by atoms with Crippen molar-refractivity contribution in [3.05, 3.63) is 30.1 Å². The molecule has 0 spiro atoms. The lowest BCUT2D eigenvalue weighted by Gasteiger charge is -2.20. The first-order valence-corrected chi connectivity index (χ1v) is 6.95. The maximum Gasteiger partial charge on any atom is 0.322 e. The minimum Gasteiger partial charge on any atom is -0.480 e. The van der Waals surface area contributed by atoms with Crippen LogP contribution in [0.2, 0.25) is 0 Å². The average Bonchev–Trinajstić information content (AvgIpc) is 2.67. The molecule has 5 nitrogen and oxygen atoms in total. The second-order valence-corrected chi connectivity index (χ2v) is 6.31. The third kappa shape index (κ3) is 2.63. The Morgan fingerprint density at radius 1 is 1.30 bits per heavy atom. The fraction of sp³-hybridized carbons (Fsp3) is 0.364. The van der Waals surface area contributed by atoms with Crippen LogP contribution in [0.5, 0.6) is 0 Å². The highest BCUT2D eigenvalue weighted by atomic mass is 32.2. The van der Waals surface area contributed by atoms with Gasteiger partial charge in [-0.25, -0.2) is 21.6 Å². The van der Waals surface area contributed by atoms with Crippen LogP contribution in [0.25, 0.3) is 0 Å². The van der Waals surface area contributed by atoms with Crippen molar-refractivity contribution in [3.8, 4) is 0 Å². The molecule has 0 radical (unpaired) electrons. The van der Waals surface area contributed by atoms with Gasteiger partial charge in [-0.05, 0) is 24.3 Å². The zero-order chi connectivity index (χ0) is 15.1. The van der Waals surface area contributed by atoms with E-state index in [1.54, 1.807) is 0 Å². The van der Waals surface area contributed by atoms with Crippen molar-refractivity contribution in [2.24, 2.45) is 0 Å². The smallest absolute Gasteiger partial charge is 0.322 e. The van der Waals surface area contributed by atoms with E-state index in [0.29, 0.717) is 0 Å². The Morgan fingerprint density at radius 3 is 2.35 bits per heavy atom. The van der Waals surface area contributed by atoms with E-state index in [9.17, 15) is 26.4 Å². The van der Waals surface area contributed by atoms with Crippen LogP contribution in [0.15, 0.2) is 29.2 Å². The van der Waals surface area contributed by atoms with Crippen molar-refractivity contribution in [3.63, 3.8) is 0 Å². The summed E-state index contributed by atoms with van der Waals surface area (Å²) in [5.41, 5.74) is 0. The van der Waals surface area contributed by atoms with Crippen LogP contribution in [-0.4, -0.2) is 42.3 Å². The number of hydrogen-bond donors (Lipinski definition) is 1. The molecule has 1 saturated heterocycles. The van der Waals surface area contributed by atoms with Crippen molar-refractivity contribution < 1.29 is 31.5 Å². The Kier molecular flexibility index (Phi) is 3.51. The van der Waals surface area contributed by atoms with Crippen LogP contribution in [0, 0.1) is 5.82 Å². The third-order valence-electron chi connectivity index (χ3n) is 2.93. The van der Waals surface area contributed by atoms with E-state index in [-0.39, 0.29) is 4.31 Å². The molecule has 1 fully saturated rings. The topological polar surface area (TPSA) is 74.7 Å². The Bertz CT molecular complexity index is 630. The Morgan fingerprint density at radius 2 is 1.85 bits per heavy atom. The molecule has 2 rings (SSSR count). The van der Waals surface area contributed by atoms with Crippen molar-refractivity contribution in [2.45, 2.75) is 23.3 Å². The van der Waals surface area contributed by atoms with Crippen molar-refractivity contribution >= 4 is 16.0 Å². The largest absolute Gasteiger partial charge is 0.480 e. The van der Waals surface area contributed by atoms with Crippen LogP contribution in [0.1, 0.15) is 6.42 Å². The molecule has 1 aromatic carbocycles. The molecule has 1 N–H and O–H groups in total. The molecule has 110 valence electrons. The molecule has 0 aromatic heterocycles. The van der Waals surface area contributed by atoms with Gasteiger partial charge in [0.2, 0.25) is 10.0 Å². The van der Waals surface area contributed by atoms with Crippen molar-refractivity contribution in [1.82, 2.24) is 4.31 Å². The van der Waals surface area contributed by atoms with E-state index in [0.717, 1.165) is 24.3 Å². The van der Waals surface area contributed by atoms with Gasteiger partial charge in [0.1, 0.15) is 11.9 Å². The number of carbonyl (C=O) groups is 1. The molecule has 0 unspecified atom stereocenters. The van der Waals surface area contributed by atoms with Crippen LogP contribution in [0.4, 0.5) is 13.2 Å². The van der Waals surface area contributed by atoms with Crippen LogP contribution < -0.4 is 0 Å². The highest BCUT2D eigenvalue weighted by Crippen LogP contribution is 2.35. The third-order valence-corrected chi connectivity index (χ3v) is 4.80. The molecule has 0 bridgehead atoms. The minimum atomic E-state index is -4.41. The summed E-state index contributed by atoms with van der Waals surface area (Å²) in [4.78, 5) is 10.5. The molecule has 20 heavy (non-hydrogen) atoms. The molecule has 1 aromatic rings. The fourth-order valence-electron chi connectivity index (χ4n) is 1.99. The van der Waals surface area contributed by atoms with E-state index in [4.69, 9.17) is 5.11 Å². The van der Waals surface area contributed by atoms with Gasteiger partial charge in [-0.3, -0.25) is 4.79 Å². The van der Waals surface area contributed by atoms with E-state index >= 15 is 0 Å². The van der Waals surface area contributed by atoms with Gasteiger partial charge in [0.05, 0.1) is 11.4 Å². The summed E-state index contributed by atoms with van der Waals surface area (Å²) >= 11 is 0. The molecule has 1 aliphatic rings. The Hall–Kier alpha value is -1.61. The summed E-state index contributed by atoms with van der Waals surface area (Å²) in [5, 5.41) is 8.87. The highest BCUT2D eigenvalue weighted by Gasteiger charge is 2.53. The lowest BCUT2D eigenvalue weighted by molar-refractivity contribution is -0.141. The quantitative estimate of drug-likeness (QED) is 0.913. The summed E-state index contributed by atoms with van der Waals surface area (Å²) in [7, 11) is -4.41. The lowest BCUT2D eigenvalue weighted by Crippen LogP contribution is -2.40. The predicted molar refractivity (Wildman–Crippen MR) is 61.3 cm³/mol. The SMILES string of the molecule is O=C(O)[C@@H]1CC(F)(F)CN1S(=O)(=O)c1ccc(F)cc1. The number of hydrogen-bond acceptors (Lipinski definition) is 3. The number of benzene rings is 1. The average molecular weight is 309 g/mol. The van der Waals surface area contributed by atoms with Crippen molar-refractivity contribution in [2.75, 3.05) is 6.54 Å². The molecule has 0 aliphatic carbocycles. The number of sulfonamides is 1. The summed E-state index contributed by atoms with van der Waals surface area (Å²) in [6.45, 7) is -1.20. The van der Waals surface area contributed by atoms with Gasteiger partial charge in [0, 0.05) is 6.42 Å². The zero-order valence-electron chi connectivity index (χ0n) is 9.96. The number of rotatable bonds is 3. The number of aliphatic carboxylic acids is 1. The van der Waals surface area contributed by atoms with Gasteiger partial charge in [-0.15, -0.1) is 0 Å². The first-order valence-electron chi connectivity index (χ1n) is 5.51. The Labute approximate surface area is 112 Å². The lowest BCUT2D eigenvalue weighted by atomic mass is 10.2. The van der Waals surface area contributed by atoms with Gasteiger partial charge >= 0.3 is 5.97 Å². The summed E-state index contributed by atoms with van der Waals surface area (Å²) in [6.07, 6.45) is -1.08. The molecule has 1 heterocycles. The van der Waals surface area contributed by atoms with Gasteiger partial charge in [0.15, 0.2) is 0 Å². The maximum absolute atomic E-state index is 13.3. The van der Waals surface area contributed by atoms with E-state index in [1.807, 2.05) is 0 Å². The summed E-state index contributed by atoms with van der Waals surface area (Å²) in [5.74, 6) is -5.74. The number of halogens is 3. The zero-order valence-corrected chi connectivity index (χ0v) is 10.8. The van der Waals surface area contributed by atoms with Crippen molar-refractivity contribution in [1.29, 1.82) is 0 Å². The molecular formula is C11H10F3NO4S. The normalized spacial score (nSPS) is 22.9. The summed E-state index contributed by atoms with van der Waals surface area (Å²) < 4.78 is 63.9. The van der Waals surface area contributed by atoms with E-state index < -0.39 is 51.6 Å². The predicted octanol–water partition coefficient (Wildman–Crippen LogP) is 1.31. The second-order valence-electron chi connectivity index (χ2n) is 4.42. The van der Waals surface area contributed by atoms with Gasteiger partial charge in [0.25, 0.3) is 5.92 Å². The van der Waals surface area contributed by atoms with E-state index in [1.165, 1.54) is 0 Å². The fourth-order valence-corrected chi connectivity index (χ4v) is 3.60. The second kappa shape index (κ2) is 4.74. The highest BCUT2D eigenvalue weighted by molar-refractivity contribution is 7.89. The first-order chi connectivity index (χ1) is 9.13. The molecule has 0 amide bonds. The number of carboxylic acid groups (broad SMARTS) is 1. The van der Waals surface area contributed by atoms with Crippen LogP contribution in [-0.2, 0) is 14.8 Å². The number of alkyl halides is 2. The molecule has 0 saturated carbocycles. The van der Waals surface area contributed by atoms with Gasteiger partial charge < -0.3 is 5.11 Å². The van der Waals surface area contributed by atoms with Crippen LogP contribution >= 0.6 is 0 Å². The number of carboxylic acids is 1. The maximum atomic E-state index is 13.3. The van der Waals surface area contributed by atoms with Gasteiger partial charge in [-0.2, -0.15) is 4.31 Å². The van der Waals surface area contributed by atoms with E-state index in [2.05, 4.69) is 0 Å². The van der Waals surface area contributed by atoms with Gasteiger partial charge in [-0.1, -0.05) is 0 Å². The molecule has 1 atom stereocenters.